The average Bonchev–Trinajstić information content (AvgIpc) is 3.35. The van der Waals surface area contributed by atoms with Gasteiger partial charge in [0.2, 0.25) is 17.7 Å². The molecule has 0 atom stereocenters. The average molecular weight is 651 g/mol. The fourth-order valence-corrected chi connectivity index (χ4v) is 4.92. The Morgan fingerprint density at radius 3 is 2.38 bits per heavy atom. The number of aromatic nitrogens is 3. The number of hydrogen-bond acceptors (Lipinski definition) is 6. The number of rotatable bonds is 11. The van der Waals surface area contributed by atoms with E-state index in [9.17, 15) is 44.7 Å². The fourth-order valence-electron chi connectivity index (χ4n) is 4.92. The molecule has 2 heterocycles. The van der Waals surface area contributed by atoms with Gasteiger partial charge >= 0.3 is 12.4 Å². The van der Waals surface area contributed by atoms with E-state index in [0.717, 1.165) is 12.1 Å². The van der Waals surface area contributed by atoms with Crippen LogP contribution in [-0.4, -0.2) is 52.0 Å². The molecule has 0 spiro atoms. The predicted octanol–water partition coefficient (Wildman–Crippen LogP) is 6.63. The second kappa shape index (κ2) is 13.9. The van der Waals surface area contributed by atoms with E-state index in [1.165, 1.54) is 12.1 Å². The first-order valence-corrected chi connectivity index (χ1v) is 14.1. The van der Waals surface area contributed by atoms with Gasteiger partial charge in [0.05, 0.1) is 22.7 Å². The Bertz CT molecular complexity index is 1500. The van der Waals surface area contributed by atoms with Gasteiger partial charge in [0.15, 0.2) is 12.3 Å². The number of pyridine rings is 1. The van der Waals surface area contributed by atoms with Crippen LogP contribution < -0.4 is 20.7 Å². The van der Waals surface area contributed by atoms with Gasteiger partial charge in [-0.2, -0.15) is 36.3 Å². The zero-order valence-electron chi connectivity index (χ0n) is 23.8. The zero-order chi connectivity index (χ0) is 32.9. The number of H-pyrrole nitrogens is 1. The number of alkyl halides is 8. The second-order valence-corrected chi connectivity index (χ2v) is 10.6. The molecule has 4 rings (SSSR count). The molecule has 246 valence electrons. The van der Waals surface area contributed by atoms with E-state index in [4.69, 9.17) is 4.74 Å². The molecule has 1 saturated carbocycles. The first kappa shape index (κ1) is 33.7. The van der Waals surface area contributed by atoms with E-state index in [1.54, 1.807) is 6.92 Å². The Balaban J connectivity index is 1.59. The molecule has 3 aromatic rings. The summed E-state index contributed by atoms with van der Waals surface area (Å²) in [7, 11) is 0. The van der Waals surface area contributed by atoms with Crippen molar-refractivity contribution in [2.45, 2.75) is 76.8 Å². The fraction of sp³-hybridized carbons (Fsp3) is 0.500. The van der Waals surface area contributed by atoms with Crippen molar-refractivity contribution in [2.75, 3.05) is 11.9 Å². The number of imidazole rings is 1. The maximum Gasteiger partial charge on any atom is 0.418 e. The summed E-state index contributed by atoms with van der Waals surface area (Å²) in [5.74, 6) is -3.37. The second-order valence-electron chi connectivity index (χ2n) is 10.6. The van der Waals surface area contributed by atoms with Crippen LogP contribution in [-0.2, 0) is 17.5 Å². The molecule has 9 nitrogen and oxygen atoms in total. The minimum absolute atomic E-state index is 0.0318. The van der Waals surface area contributed by atoms with E-state index < -0.39 is 60.4 Å². The molecule has 1 aliphatic rings. The molecule has 2 amide bonds. The standard InChI is InChI=1S/C28H30F8N6O3/c1-2-3-22(43)37-12-14-4-9-18(28(34,35)36)19(10-14)39-26-40-20-11-17(25(41-23(20)42-26)45-13-21(29)30)24(44)38-16-7-5-15(6-8-16)27(31,32)33/h4,9-11,15-16,21H,2-3,5-8,12-13H2,1H3,(H,37,43)(H,38,44)(H2,39,40,41,42). The van der Waals surface area contributed by atoms with E-state index >= 15 is 0 Å². The number of hydrogen-bond donors (Lipinski definition) is 4. The molecule has 2 aromatic heterocycles. The summed E-state index contributed by atoms with van der Waals surface area (Å²) in [5.41, 5.74) is -1.57. The topological polar surface area (TPSA) is 121 Å². The number of nitrogens with zero attached hydrogens (tertiary/aromatic N) is 2. The number of benzene rings is 1. The van der Waals surface area contributed by atoms with Crippen LogP contribution in [0.4, 0.5) is 46.8 Å². The van der Waals surface area contributed by atoms with Crippen molar-refractivity contribution in [3.05, 3.63) is 41.0 Å². The van der Waals surface area contributed by atoms with Gasteiger partial charge in [0.25, 0.3) is 12.3 Å². The molecule has 0 radical (unpaired) electrons. The van der Waals surface area contributed by atoms with Gasteiger partial charge in [-0.25, -0.2) is 8.78 Å². The van der Waals surface area contributed by atoms with Crippen LogP contribution in [0.3, 0.4) is 0 Å². The van der Waals surface area contributed by atoms with E-state index in [-0.39, 0.29) is 67.2 Å². The summed E-state index contributed by atoms with van der Waals surface area (Å²) in [4.78, 5) is 35.7. The molecule has 4 N–H and O–H groups in total. The number of aromatic amines is 1. The summed E-state index contributed by atoms with van der Waals surface area (Å²) in [6.45, 7) is 0.633. The Labute approximate surface area is 251 Å². The Kier molecular flexibility index (Phi) is 10.4. The molecular weight excluding hydrogens is 620 g/mol. The number of halogens is 8. The summed E-state index contributed by atoms with van der Waals surface area (Å²) in [6, 6.07) is 3.77. The van der Waals surface area contributed by atoms with E-state index in [2.05, 4.69) is 30.9 Å². The molecule has 1 aromatic carbocycles. The molecule has 0 aliphatic heterocycles. The van der Waals surface area contributed by atoms with Gasteiger partial charge < -0.3 is 25.7 Å². The number of nitrogens with one attached hydrogen (secondary N) is 4. The van der Waals surface area contributed by atoms with Crippen LogP contribution in [0.1, 0.15) is 66.9 Å². The number of carbonyl (C=O) groups excluding carboxylic acids is 2. The molecule has 0 saturated heterocycles. The van der Waals surface area contributed by atoms with Gasteiger partial charge in [-0.15, -0.1) is 0 Å². The highest BCUT2D eigenvalue weighted by molar-refractivity contribution is 5.99. The summed E-state index contributed by atoms with van der Waals surface area (Å²) < 4.78 is 111. The smallest absolute Gasteiger partial charge is 0.418 e. The predicted molar refractivity (Wildman–Crippen MR) is 146 cm³/mol. The Morgan fingerprint density at radius 1 is 1.04 bits per heavy atom. The first-order chi connectivity index (χ1) is 21.1. The molecule has 0 unspecified atom stereocenters. The van der Waals surface area contributed by atoms with Crippen molar-refractivity contribution in [3.8, 4) is 5.88 Å². The van der Waals surface area contributed by atoms with E-state index in [1.807, 2.05) is 0 Å². The lowest BCUT2D eigenvalue weighted by atomic mass is 9.85. The van der Waals surface area contributed by atoms with Crippen molar-refractivity contribution in [1.82, 2.24) is 25.6 Å². The highest BCUT2D eigenvalue weighted by atomic mass is 19.4. The van der Waals surface area contributed by atoms with Crippen molar-refractivity contribution in [1.29, 1.82) is 0 Å². The minimum atomic E-state index is -4.77. The normalized spacial score (nSPS) is 17.4. The van der Waals surface area contributed by atoms with Crippen LogP contribution in [0, 0.1) is 5.92 Å². The van der Waals surface area contributed by atoms with Crippen molar-refractivity contribution in [3.63, 3.8) is 0 Å². The number of anilines is 2. The molecule has 1 aliphatic carbocycles. The first-order valence-electron chi connectivity index (χ1n) is 14.1. The van der Waals surface area contributed by atoms with Gasteiger partial charge in [0.1, 0.15) is 5.56 Å². The maximum absolute atomic E-state index is 13.8. The highest BCUT2D eigenvalue weighted by Gasteiger charge is 2.41. The summed E-state index contributed by atoms with van der Waals surface area (Å²) in [5, 5.41) is 7.73. The molecule has 1 fully saturated rings. The van der Waals surface area contributed by atoms with Crippen LogP contribution in [0.25, 0.3) is 11.2 Å². The van der Waals surface area contributed by atoms with Crippen molar-refractivity contribution in [2.24, 2.45) is 5.92 Å². The van der Waals surface area contributed by atoms with Crippen LogP contribution >= 0.6 is 0 Å². The molecule has 45 heavy (non-hydrogen) atoms. The van der Waals surface area contributed by atoms with Crippen LogP contribution in [0.5, 0.6) is 5.88 Å². The van der Waals surface area contributed by atoms with Gasteiger partial charge in [-0.1, -0.05) is 13.0 Å². The quantitative estimate of drug-likeness (QED) is 0.173. The maximum atomic E-state index is 13.8. The van der Waals surface area contributed by atoms with E-state index in [0.29, 0.717) is 12.0 Å². The van der Waals surface area contributed by atoms with Crippen LogP contribution in [0.2, 0.25) is 0 Å². The SMILES string of the molecule is CCCC(=O)NCc1ccc(C(F)(F)F)c(Nc2nc3nc(OCC(F)F)c(C(=O)NC4CCC(C(F)(F)F)CC4)cc3[nH]2)c1. The lowest BCUT2D eigenvalue weighted by molar-refractivity contribution is -0.182. The lowest BCUT2D eigenvalue weighted by Crippen LogP contribution is -2.40. The summed E-state index contributed by atoms with van der Waals surface area (Å²) >= 11 is 0. The van der Waals surface area contributed by atoms with Crippen LogP contribution in [0.15, 0.2) is 24.3 Å². The monoisotopic (exact) mass is 650 g/mol. The molecular formula is C28H30F8N6O3. The number of ether oxygens (including phenoxy) is 1. The molecule has 0 bridgehead atoms. The third kappa shape index (κ3) is 8.94. The van der Waals surface area contributed by atoms with Crippen molar-refractivity contribution < 1.29 is 49.4 Å². The Morgan fingerprint density at radius 2 is 1.76 bits per heavy atom. The number of carbonyl (C=O) groups is 2. The third-order valence-corrected chi connectivity index (χ3v) is 7.16. The molecule has 17 heteroatoms. The third-order valence-electron chi connectivity index (χ3n) is 7.16. The van der Waals surface area contributed by atoms with Crippen molar-refractivity contribution >= 4 is 34.6 Å². The van der Waals surface area contributed by atoms with Gasteiger partial charge in [-0.3, -0.25) is 9.59 Å². The van der Waals surface area contributed by atoms with Gasteiger partial charge in [-0.05, 0) is 55.9 Å². The Hall–Kier alpha value is -4.18. The largest absolute Gasteiger partial charge is 0.471 e. The number of fused-ring (bicyclic) bond motifs is 1. The van der Waals surface area contributed by atoms with Gasteiger partial charge in [0, 0.05) is 19.0 Å². The number of amides is 2. The highest BCUT2D eigenvalue weighted by Crippen LogP contribution is 2.38. The lowest BCUT2D eigenvalue weighted by Gasteiger charge is -2.30. The zero-order valence-corrected chi connectivity index (χ0v) is 23.8. The minimum Gasteiger partial charge on any atom is -0.471 e. The summed E-state index contributed by atoms with van der Waals surface area (Å²) in [6.07, 6.45) is -11.5.